The largest absolute Gasteiger partial charge is 0.495 e. The fourth-order valence-corrected chi connectivity index (χ4v) is 2.15. The summed E-state index contributed by atoms with van der Waals surface area (Å²) in [5.41, 5.74) is 7.11. The van der Waals surface area contributed by atoms with Gasteiger partial charge in [-0.1, -0.05) is 12.1 Å². The molecule has 0 aliphatic carbocycles. The van der Waals surface area contributed by atoms with Gasteiger partial charge in [-0.05, 0) is 38.1 Å². The van der Waals surface area contributed by atoms with Crippen molar-refractivity contribution in [3.8, 4) is 5.75 Å². The predicted molar refractivity (Wildman–Crippen MR) is 81.8 cm³/mol. The lowest BCUT2D eigenvalue weighted by Gasteiger charge is -2.23. The van der Waals surface area contributed by atoms with Gasteiger partial charge in [0.25, 0.3) is 5.91 Å². The van der Waals surface area contributed by atoms with Crippen LogP contribution in [-0.4, -0.2) is 26.1 Å². The summed E-state index contributed by atoms with van der Waals surface area (Å²) in [6.45, 7) is 2.87. The fourth-order valence-electron chi connectivity index (χ4n) is 2.15. The Balaban J connectivity index is 2.38. The average Bonchev–Trinajstić information content (AvgIpc) is 2.94. The molecule has 5 heteroatoms. The Hall–Kier alpha value is -2.27. The molecule has 0 bridgehead atoms. The monoisotopic (exact) mass is 288 g/mol. The molecule has 0 radical (unpaired) electrons. The van der Waals surface area contributed by atoms with Crippen molar-refractivity contribution in [2.75, 3.05) is 25.1 Å². The molecule has 0 unspecified atom stereocenters. The van der Waals surface area contributed by atoms with E-state index in [1.165, 1.54) is 6.26 Å². The Morgan fingerprint density at radius 2 is 2.10 bits per heavy atom. The lowest BCUT2D eigenvalue weighted by Crippen LogP contribution is -2.33. The number of amides is 1. The van der Waals surface area contributed by atoms with E-state index in [1.54, 1.807) is 18.1 Å². The molecular formula is C16H20N2O3. The van der Waals surface area contributed by atoms with Crippen LogP contribution in [-0.2, 0) is 0 Å². The quantitative estimate of drug-likeness (QED) is 0.887. The molecule has 0 saturated carbocycles. The maximum absolute atomic E-state index is 12.7. The summed E-state index contributed by atoms with van der Waals surface area (Å²) in [5.74, 6) is 0.806. The van der Waals surface area contributed by atoms with Crippen LogP contribution in [0.25, 0.3) is 0 Å². The molecule has 0 saturated heterocycles. The molecule has 5 nitrogen and oxygen atoms in total. The normalized spacial score (nSPS) is 10.4. The van der Waals surface area contributed by atoms with Gasteiger partial charge in [0, 0.05) is 12.1 Å². The molecule has 2 rings (SSSR count). The Morgan fingerprint density at radius 3 is 2.71 bits per heavy atom. The molecule has 0 fully saturated rings. The second-order valence-corrected chi connectivity index (χ2v) is 4.70. The van der Waals surface area contributed by atoms with Crippen molar-refractivity contribution < 1.29 is 13.9 Å². The zero-order valence-electron chi connectivity index (χ0n) is 12.3. The molecule has 2 aromatic rings. The maximum atomic E-state index is 12.7. The molecule has 21 heavy (non-hydrogen) atoms. The molecule has 0 spiro atoms. The molecule has 1 aromatic heterocycles. The molecular weight excluding hydrogens is 268 g/mol. The van der Waals surface area contributed by atoms with Crippen molar-refractivity contribution in [3.63, 3.8) is 0 Å². The van der Waals surface area contributed by atoms with Gasteiger partial charge in [0.1, 0.15) is 5.75 Å². The number of anilines is 1. The highest BCUT2D eigenvalue weighted by Crippen LogP contribution is 2.29. The first kappa shape index (κ1) is 15.1. The summed E-state index contributed by atoms with van der Waals surface area (Å²) in [4.78, 5) is 14.4. The number of ether oxygens (including phenoxy) is 1. The number of carbonyl (C=O) groups excluding carboxylic acids is 1. The number of hydrogen-bond donors (Lipinski definition) is 1. The average molecular weight is 288 g/mol. The second-order valence-electron chi connectivity index (χ2n) is 4.70. The van der Waals surface area contributed by atoms with Crippen LogP contribution in [0.1, 0.15) is 22.5 Å². The van der Waals surface area contributed by atoms with Gasteiger partial charge < -0.3 is 19.8 Å². The molecule has 112 valence electrons. The molecule has 0 aliphatic heterocycles. The summed E-state index contributed by atoms with van der Waals surface area (Å²) < 4.78 is 10.7. The topological polar surface area (TPSA) is 68.7 Å². The van der Waals surface area contributed by atoms with Crippen LogP contribution in [0.2, 0.25) is 0 Å². The van der Waals surface area contributed by atoms with Crippen LogP contribution < -0.4 is 15.4 Å². The van der Waals surface area contributed by atoms with Gasteiger partial charge in [0.05, 0.1) is 19.1 Å². The van der Waals surface area contributed by atoms with E-state index >= 15 is 0 Å². The molecule has 2 N–H and O–H groups in total. The number of aryl methyl sites for hydroxylation is 1. The van der Waals surface area contributed by atoms with E-state index in [0.29, 0.717) is 36.7 Å². The minimum atomic E-state index is -0.185. The van der Waals surface area contributed by atoms with E-state index in [9.17, 15) is 4.79 Å². The molecule has 1 aromatic carbocycles. The number of hydrogen-bond acceptors (Lipinski definition) is 4. The van der Waals surface area contributed by atoms with E-state index in [1.807, 2.05) is 31.2 Å². The lowest BCUT2D eigenvalue weighted by molar-refractivity contribution is 0.0958. The third kappa shape index (κ3) is 3.25. The van der Waals surface area contributed by atoms with Gasteiger partial charge in [-0.15, -0.1) is 0 Å². The van der Waals surface area contributed by atoms with E-state index in [-0.39, 0.29) is 5.91 Å². The smallest absolute Gasteiger partial charge is 0.294 e. The van der Waals surface area contributed by atoms with E-state index in [2.05, 4.69) is 0 Å². The Kier molecular flexibility index (Phi) is 5.00. The van der Waals surface area contributed by atoms with Crippen LogP contribution in [0.3, 0.4) is 0 Å². The number of nitrogens with two attached hydrogens (primary N) is 1. The zero-order chi connectivity index (χ0) is 15.2. The summed E-state index contributed by atoms with van der Waals surface area (Å²) in [6, 6.07) is 9.19. The summed E-state index contributed by atoms with van der Waals surface area (Å²) in [6.07, 6.45) is 2.22. The van der Waals surface area contributed by atoms with Gasteiger partial charge in [-0.2, -0.15) is 0 Å². The first-order chi connectivity index (χ1) is 10.2. The van der Waals surface area contributed by atoms with Crippen molar-refractivity contribution in [2.24, 2.45) is 5.73 Å². The molecule has 1 heterocycles. The maximum Gasteiger partial charge on any atom is 0.294 e. The number of carbonyl (C=O) groups is 1. The summed E-state index contributed by atoms with van der Waals surface area (Å²) in [5, 5.41) is 0. The van der Waals surface area contributed by atoms with E-state index in [4.69, 9.17) is 14.9 Å². The Morgan fingerprint density at radius 1 is 1.33 bits per heavy atom. The Labute approximate surface area is 124 Å². The van der Waals surface area contributed by atoms with Crippen LogP contribution in [0.4, 0.5) is 5.69 Å². The van der Waals surface area contributed by atoms with Crippen LogP contribution in [0.5, 0.6) is 5.75 Å². The first-order valence-corrected chi connectivity index (χ1v) is 6.88. The molecule has 1 amide bonds. The summed E-state index contributed by atoms with van der Waals surface area (Å²) >= 11 is 0. The van der Waals surface area contributed by atoms with Crippen molar-refractivity contribution in [1.82, 2.24) is 0 Å². The fraction of sp³-hybridized carbons (Fsp3) is 0.312. The highest BCUT2D eigenvalue weighted by Gasteiger charge is 2.23. The van der Waals surface area contributed by atoms with E-state index in [0.717, 1.165) is 5.56 Å². The molecule has 0 aliphatic rings. The van der Waals surface area contributed by atoms with Crippen LogP contribution >= 0.6 is 0 Å². The predicted octanol–water partition coefficient (Wildman–Crippen LogP) is 2.59. The first-order valence-electron chi connectivity index (χ1n) is 6.88. The Bertz CT molecular complexity index is 607. The van der Waals surface area contributed by atoms with Crippen molar-refractivity contribution in [3.05, 3.63) is 47.9 Å². The number of methoxy groups -OCH3 is 1. The third-order valence-electron chi connectivity index (χ3n) is 3.26. The van der Waals surface area contributed by atoms with Gasteiger partial charge in [-0.25, -0.2) is 0 Å². The second kappa shape index (κ2) is 6.95. The number of furan rings is 1. The highest BCUT2D eigenvalue weighted by atomic mass is 16.5. The third-order valence-corrected chi connectivity index (χ3v) is 3.26. The standard InChI is InChI=1S/C16H20N2O3/c1-12-8-11-21-15(12)16(19)18(10-5-9-17)13-6-3-4-7-14(13)20-2/h3-4,6-8,11H,5,9-10,17H2,1-2H3. The summed E-state index contributed by atoms with van der Waals surface area (Å²) in [7, 11) is 1.59. The number of nitrogens with zero attached hydrogens (tertiary/aromatic N) is 1. The van der Waals surface area contributed by atoms with Gasteiger partial charge in [-0.3, -0.25) is 4.79 Å². The molecule has 0 atom stereocenters. The number of rotatable bonds is 6. The number of para-hydroxylation sites is 2. The van der Waals surface area contributed by atoms with Gasteiger partial charge >= 0.3 is 0 Å². The van der Waals surface area contributed by atoms with Crippen molar-refractivity contribution >= 4 is 11.6 Å². The van der Waals surface area contributed by atoms with Crippen LogP contribution in [0.15, 0.2) is 41.0 Å². The van der Waals surface area contributed by atoms with Gasteiger partial charge in [0.2, 0.25) is 0 Å². The zero-order valence-corrected chi connectivity index (χ0v) is 12.3. The van der Waals surface area contributed by atoms with Crippen molar-refractivity contribution in [2.45, 2.75) is 13.3 Å². The van der Waals surface area contributed by atoms with Crippen LogP contribution in [0, 0.1) is 6.92 Å². The number of benzene rings is 1. The SMILES string of the molecule is COc1ccccc1N(CCCN)C(=O)c1occc1C. The highest BCUT2D eigenvalue weighted by molar-refractivity contribution is 6.05. The minimum absolute atomic E-state index is 0.185. The lowest BCUT2D eigenvalue weighted by atomic mass is 10.2. The van der Waals surface area contributed by atoms with E-state index < -0.39 is 0 Å². The van der Waals surface area contributed by atoms with Crippen molar-refractivity contribution in [1.29, 1.82) is 0 Å². The van der Waals surface area contributed by atoms with Gasteiger partial charge in [0.15, 0.2) is 5.76 Å². The minimum Gasteiger partial charge on any atom is -0.495 e.